The average molecular weight is 348 g/mol. The van der Waals surface area contributed by atoms with Gasteiger partial charge in [0.15, 0.2) is 11.5 Å². The molecule has 2 aromatic heterocycles. The number of carbonyl (C=O) groups is 1. The zero-order valence-corrected chi connectivity index (χ0v) is 14.4. The lowest BCUT2D eigenvalue weighted by molar-refractivity contribution is 0.0966. The van der Waals surface area contributed by atoms with Gasteiger partial charge >= 0.3 is 0 Å². The van der Waals surface area contributed by atoms with Crippen molar-refractivity contribution in [3.05, 3.63) is 41.9 Å². The first-order valence-electron chi connectivity index (χ1n) is 9.16. The standard InChI is InChI=1S/C19H20N6O/c26-19-15-7-6-12(8-13(15)9-21-19)16-10-20-17(18-22-11-23-25(16)18)24-14-4-2-1-3-5-14/h6-8,10-11,14H,1-5,9H2,(H,20,24)(H,21,26). The van der Waals surface area contributed by atoms with Gasteiger partial charge in [0, 0.05) is 23.7 Å². The monoisotopic (exact) mass is 348 g/mol. The fourth-order valence-electron chi connectivity index (χ4n) is 3.95. The summed E-state index contributed by atoms with van der Waals surface area (Å²) in [5, 5.41) is 10.8. The van der Waals surface area contributed by atoms with Crippen molar-refractivity contribution in [1.29, 1.82) is 0 Å². The van der Waals surface area contributed by atoms with Crippen LogP contribution < -0.4 is 10.6 Å². The Kier molecular flexibility index (Phi) is 3.58. The summed E-state index contributed by atoms with van der Waals surface area (Å²) in [5.74, 6) is 0.777. The number of nitrogens with zero attached hydrogens (tertiary/aromatic N) is 4. The maximum absolute atomic E-state index is 11.8. The fraction of sp³-hybridized carbons (Fsp3) is 0.368. The van der Waals surface area contributed by atoms with Crippen LogP contribution >= 0.6 is 0 Å². The van der Waals surface area contributed by atoms with Crippen LogP contribution in [0.3, 0.4) is 0 Å². The molecule has 7 nitrogen and oxygen atoms in total. The molecule has 7 heteroatoms. The van der Waals surface area contributed by atoms with E-state index in [0.717, 1.165) is 33.8 Å². The molecular formula is C19H20N6O. The molecule has 3 aromatic rings. The highest BCUT2D eigenvalue weighted by atomic mass is 16.1. The van der Waals surface area contributed by atoms with Gasteiger partial charge in [0.05, 0.1) is 11.9 Å². The molecule has 1 aromatic carbocycles. The smallest absolute Gasteiger partial charge is 0.251 e. The molecule has 132 valence electrons. The molecule has 0 bridgehead atoms. The Hall–Kier alpha value is -2.96. The Balaban J connectivity index is 1.53. The number of aromatic nitrogens is 4. The first-order valence-corrected chi connectivity index (χ1v) is 9.16. The number of amides is 1. The van der Waals surface area contributed by atoms with Gasteiger partial charge in [-0.05, 0) is 30.5 Å². The van der Waals surface area contributed by atoms with E-state index in [1.54, 1.807) is 6.33 Å². The summed E-state index contributed by atoms with van der Waals surface area (Å²) in [7, 11) is 0. The normalized spacial score (nSPS) is 17.3. The fourth-order valence-corrected chi connectivity index (χ4v) is 3.95. The van der Waals surface area contributed by atoms with Crippen molar-refractivity contribution in [3.63, 3.8) is 0 Å². The maximum Gasteiger partial charge on any atom is 0.251 e. The highest BCUT2D eigenvalue weighted by Crippen LogP contribution is 2.28. The number of carbonyl (C=O) groups excluding carboxylic acids is 1. The third kappa shape index (κ3) is 2.51. The summed E-state index contributed by atoms with van der Waals surface area (Å²) in [6, 6.07) is 6.29. The molecule has 1 amide bonds. The number of fused-ring (bicyclic) bond motifs is 2. The molecule has 0 radical (unpaired) electrons. The van der Waals surface area contributed by atoms with E-state index in [-0.39, 0.29) is 5.91 Å². The first kappa shape index (κ1) is 15.3. The van der Waals surface area contributed by atoms with Crippen LogP contribution in [-0.4, -0.2) is 31.5 Å². The van der Waals surface area contributed by atoms with Crippen molar-refractivity contribution >= 4 is 17.4 Å². The van der Waals surface area contributed by atoms with E-state index in [9.17, 15) is 4.79 Å². The van der Waals surface area contributed by atoms with Gasteiger partial charge in [-0.25, -0.2) is 14.5 Å². The topological polar surface area (TPSA) is 84.2 Å². The lowest BCUT2D eigenvalue weighted by Crippen LogP contribution is -2.23. The first-order chi connectivity index (χ1) is 12.8. The highest BCUT2D eigenvalue weighted by Gasteiger charge is 2.21. The molecule has 1 fully saturated rings. The van der Waals surface area contributed by atoms with E-state index >= 15 is 0 Å². The second kappa shape index (κ2) is 6.09. The minimum atomic E-state index is -0.0115. The Bertz CT molecular complexity index is 989. The molecule has 2 N–H and O–H groups in total. The summed E-state index contributed by atoms with van der Waals surface area (Å²) in [6.45, 7) is 0.567. The van der Waals surface area contributed by atoms with E-state index in [4.69, 9.17) is 0 Å². The molecule has 0 saturated heterocycles. The molecule has 1 saturated carbocycles. The van der Waals surface area contributed by atoms with Crippen LogP contribution in [0.25, 0.3) is 16.9 Å². The van der Waals surface area contributed by atoms with Crippen molar-refractivity contribution in [2.75, 3.05) is 5.32 Å². The zero-order chi connectivity index (χ0) is 17.5. The second-order valence-corrected chi connectivity index (χ2v) is 7.02. The van der Waals surface area contributed by atoms with Gasteiger partial charge in [0.2, 0.25) is 0 Å². The van der Waals surface area contributed by atoms with Crippen molar-refractivity contribution in [2.45, 2.75) is 44.7 Å². The van der Waals surface area contributed by atoms with Crippen molar-refractivity contribution < 1.29 is 4.79 Å². The largest absolute Gasteiger partial charge is 0.364 e. The van der Waals surface area contributed by atoms with E-state index in [1.165, 1.54) is 32.1 Å². The van der Waals surface area contributed by atoms with Gasteiger partial charge in [-0.1, -0.05) is 25.3 Å². The Morgan fingerprint density at radius 2 is 2.04 bits per heavy atom. The van der Waals surface area contributed by atoms with E-state index in [2.05, 4.69) is 25.7 Å². The van der Waals surface area contributed by atoms with E-state index < -0.39 is 0 Å². The SMILES string of the molecule is O=C1NCc2cc(-c3cnc(NC4CCCCC4)c4ncnn34)ccc21. The van der Waals surface area contributed by atoms with E-state index in [0.29, 0.717) is 12.6 Å². The number of nitrogens with one attached hydrogen (secondary N) is 2. The minimum Gasteiger partial charge on any atom is -0.364 e. The van der Waals surface area contributed by atoms with Crippen LogP contribution in [0.4, 0.5) is 5.82 Å². The van der Waals surface area contributed by atoms with Crippen molar-refractivity contribution in [1.82, 2.24) is 24.9 Å². The lowest BCUT2D eigenvalue weighted by Gasteiger charge is -2.23. The van der Waals surface area contributed by atoms with Crippen molar-refractivity contribution in [2.24, 2.45) is 0 Å². The third-order valence-electron chi connectivity index (χ3n) is 5.33. The van der Waals surface area contributed by atoms with Crippen LogP contribution in [0, 0.1) is 0 Å². The predicted molar refractivity (Wildman–Crippen MR) is 97.9 cm³/mol. The molecule has 0 atom stereocenters. The van der Waals surface area contributed by atoms with Crippen LogP contribution in [0.2, 0.25) is 0 Å². The number of rotatable bonds is 3. The molecule has 5 rings (SSSR count). The summed E-state index contributed by atoms with van der Waals surface area (Å²) < 4.78 is 1.82. The lowest BCUT2D eigenvalue weighted by atomic mass is 9.95. The van der Waals surface area contributed by atoms with Gasteiger partial charge in [-0.3, -0.25) is 4.79 Å². The minimum absolute atomic E-state index is 0.0115. The van der Waals surface area contributed by atoms with Crippen LogP contribution in [0.5, 0.6) is 0 Å². The number of anilines is 1. The Morgan fingerprint density at radius 1 is 1.15 bits per heavy atom. The molecule has 26 heavy (non-hydrogen) atoms. The average Bonchev–Trinajstić information content (AvgIpc) is 3.30. The van der Waals surface area contributed by atoms with Gasteiger partial charge in [-0.15, -0.1) is 0 Å². The molecule has 0 spiro atoms. The Morgan fingerprint density at radius 3 is 2.92 bits per heavy atom. The van der Waals surface area contributed by atoms with Crippen LogP contribution in [0.15, 0.2) is 30.7 Å². The molecule has 3 heterocycles. The summed E-state index contributed by atoms with van der Waals surface area (Å²) >= 11 is 0. The van der Waals surface area contributed by atoms with E-state index in [1.807, 2.05) is 28.9 Å². The third-order valence-corrected chi connectivity index (χ3v) is 5.33. The summed E-state index contributed by atoms with van der Waals surface area (Å²) in [5.41, 5.74) is 4.33. The molecule has 1 aliphatic heterocycles. The molecule has 2 aliphatic rings. The highest BCUT2D eigenvalue weighted by molar-refractivity contribution is 5.98. The predicted octanol–water partition coefficient (Wildman–Crippen LogP) is 2.78. The zero-order valence-electron chi connectivity index (χ0n) is 14.4. The van der Waals surface area contributed by atoms with Crippen LogP contribution in [-0.2, 0) is 6.54 Å². The van der Waals surface area contributed by atoms with Gasteiger partial charge in [0.1, 0.15) is 6.33 Å². The number of hydrogen-bond acceptors (Lipinski definition) is 5. The molecule has 1 aliphatic carbocycles. The molecule has 0 unspecified atom stereocenters. The number of hydrogen-bond donors (Lipinski definition) is 2. The van der Waals surface area contributed by atoms with Crippen molar-refractivity contribution in [3.8, 4) is 11.3 Å². The van der Waals surface area contributed by atoms with Gasteiger partial charge in [-0.2, -0.15) is 5.10 Å². The summed E-state index contributed by atoms with van der Waals surface area (Å²) in [4.78, 5) is 20.8. The maximum atomic E-state index is 11.8. The van der Waals surface area contributed by atoms with Crippen LogP contribution in [0.1, 0.15) is 48.0 Å². The quantitative estimate of drug-likeness (QED) is 0.760. The second-order valence-electron chi connectivity index (χ2n) is 7.02. The summed E-state index contributed by atoms with van der Waals surface area (Å²) in [6.07, 6.45) is 9.59. The molecular weight excluding hydrogens is 328 g/mol. The van der Waals surface area contributed by atoms with Gasteiger partial charge < -0.3 is 10.6 Å². The van der Waals surface area contributed by atoms with Gasteiger partial charge in [0.25, 0.3) is 5.91 Å². The Labute approximate surface area is 150 Å². The number of benzene rings is 1.